The van der Waals surface area contributed by atoms with Gasteiger partial charge in [0.2, 0.25) is 11.8 Å². The Kier molecular flexibility index (Phi) is 4.20. The third-order valence-corrected chi connectivity index (χ3v) is 4.97. The minimum absolute atomic E-state index is 0.0847. The number of hydrogen-bond acceptors (Lipinski definition) is 5. The second-order valence-corrected chi connectivity index (χ2v) is 6.72. The minimum atomic E-state index is -3.51. The lowest BCUT2D eigenvalue weighted by atomic mass is 10.2. The quantitative estimate of drug-likeness (QED) is 0.775. The molecule has 2 amide bonds. The summed E-state index contributed by atoms with van der Waals surface area (Å²) in [6.45, 7) is 0.260. The molecule has 0 atom stereocenters. The molecule has 1 aliphatic heterocycles. The van der Waals surface area contributed by atoms with Crippen molar-refractivity contribution in [2.75, 3.05) is 12.3 Å². The summed E-state index contributed by atoms with van der Waals surface area (Å²) in [5.74, 6) is -0.862. The first kappa shape index (κ1) is 14.7. The predicted octanol–water partition coefficient (Wildman–Crippen LogP) is 0.0680. The highest BCUT2D eigenvalue weighted by Crippen LogP contribution is 2.15. The maximum Gasteiger partial charge on any atom is 0.229 e. The molecular formula is C13H16N2O4S. The molecule has 1 saturated heterocycles. The lowest BCUT2D eigenvalue weighted by Crippen LogP contribution is -2.33. The van der Waals surface area contributed by atoms with E-state index < -0.39 is 9.84 Å². The lowest BCUT2D eigenvalue weighted by molar-refractivity contribution is -0.137. The molecule has 7 heteroatoms. The maximum atomic E-state index is 12.1. The van der Waals surface area contributed by atoms with Gasteiger partial charge in [-0.15, -0.1) is 0 Å². The van der Waals surface area contributed by atoms with Crippen LogP contribution in [0.25, 0.3) is 0 Å². The molecule has 1 heterocycles. The van der Waals surface area contributed by atoms with E-state index in [4.69, 9.17) is 5.73 Å². The van der Waals surface area contributed by atoms with E-state index in [2.05, 4.69) is 0 Å². The summed E-state index contributed by atoms with van der Waals surface area (Å²) < 4.78 is 24.2. The SMILES string of the molecule is NCc1ccc(S(=O)(=O)CCN2C(=O)CCC2=O)cc1. The zero-order valence-corrected chi connectivity index (χ0v) is 11.7. The highest BCUT2D eigenvalue weighted by atomic mass is 32.2. The van der Waals surface area contributed by atoms with Crippen LogP contribution >= 0.6 is 0 Å². The van der Waals surface area contributed by atoms with Crippen LogP contribution in [0.15, 0.2) is 29.2 Å². The predicted molar refractivity (Wildman–Crippen MR) is 72.3 cm³/mol. The number of likely N-dealkylation sites (tertiary alicyclic amines) is 1. The Labute approximate surface area is 117 Å². The summed E-state index contributed by atoms with van der Waals surface area (Å²) in [6.07, 6.45) is 0.341. The molecule has 1 fully saturated rings. The fourth-order valence-corrected chi connectivity index (χ4v) is 3.24. The first-order chi connectivity index (χ1) is 9.44. The van der Waals surface area contributed by atoms with Crippen molar-refractivity contribution in [1.82, 2.24) is 4.90 Å². The van der Waals surface area contributed by atoms with Crippen molar-refractivity contribution < 1.29 is 18.0 Å². The normalized spacial score (nSPS) is 15.9. The van der Waals surface area contributed by atoms with Gasteiger partial charge in [0.05, 0.1) is 10.6 Å². The van der Waals surface area contributed by atoms with Gasteiger partial charge in [-0.3, -0.25) is 14.5 Å². The number of nitrogens with zero attached hydrogens (tertiary/aromatic N) is 1. The van der Waals surface area contributed by atoms with E-state index in [1.807, 2.05) is 0 Å². The molecule has 0 radical (unpaired) electrons. The molecule has 1 aliphatic rings. The van der Waals surface area contributed by atoms with Gasteiger partial charge in [-0.05, 0) is 17.7 Å². The van der Waals surface area contributed by atoms with Crippen LogP contribution in [0.5, 0.6) is 0 Å². The number of sulfone groups is 1. The molecule has 1 aromatic carbocycles. The molecule has 0 aromatic heterocycles. The Bertz CT molecular complexity index is 606. The van der Waals surface area contributed by atoms with Gasteiger partial charge in [-0.2, -0.15) is 0 Å². The highest BCUT2D eigenvalue weighted by Gasteiger charge is 2.30. The Morgan fingerprint density at radius 1 is 1.05 bits per heavy atom. The number of carbonyl (C=O) groups excluding carboxylic acids is 2. The number of imide groups is 1. The smallest absolute Gasteiger partial charge is 0.229 e. The molecule has 0 aliphatic carbocycles. The van der Waals surface area contributed by atoms with Crippen molar-refractivity contribution in [3.63, 3.8) is 0 Å². The topological polar surface area (TPSA) is 97.5 Å². The average molecular weight is 296 g/mol. The van der Waals surface area contributed by atoms with Crippen LogP contribution in [0, 0.1) is 0 Å². The van der Waals surface area contributed by atoms with Crippen molar-refractivity contribution in [3.8, 4) is 0 Å². The average Bonchev–Trinajstić information content (AvgIpc) is 2.76. The molecule has 0 spiro atoms. The first-order valence-electron chi connectivity index (χ1n) is 6.29. The van der Waals surface area contributed by atoms with Crippen LogP contribution in [-0.2, 0) is 26.0 Å². The Balaban J connectivity index is 2.07. The number of hydrogen-bond donors (Lipinski definition) is 1. The number of rotatable bonds is 5. The third-order valence-electron chi connectivity index (χ3n) is 3.26. The lowest BCUT2D eigenvalue weighted by Gasteiger charge is -2.13. The van der Waals surface area contributed by atoms with Crippen LogP contribution in [0.4, 0.5) is 0 Å². The number of benzene rings is 1. The Morgan fingerprint density at radius 3 is 2.10 bits per heavy atom. The molecule has 0 unspecified atom stereocenters. The van der Waals surface area contributed by atoms with Crippen molar-refractivity contribution >= 4 is 21.7 Å². The van der Waals surface area contributed by atoms with Gasteiger partial charge in [-0.1, -0.05) is 12.1 Å². The monoisotopic (exact) mass is 296 g/mol. The van der Waals surface area contributed by atoms with Gasteiger partial charge in [0, 0.05) is 25.9 Å². The maximum absolute atomic E-state index is 12.1. The standard InChI is InChI=1S/C13H16N2O4S/c14-9-10-1-3-11(4-2-10)20(18,19)8-7-15-12(16)5-6-13(15)17/h1-4H,5-9,14H2. The minimum Gasteiger partial charge on any atom is -0.326 e. The molecule has 108 valence electrons. The number of carbonyl (C=O) groups is 2. The van der Waals surface area contributed by atoms with Gasteiger partial charge < -0.3 is 5.73 Å². The zero-order valence-electron chi connectivity index (χ0n) is 10.9. The molecule has 20 heavy (non-hydrogen) atoms. The van der Waals surface area contributed by atoms with E-state index in [-0.39, 0.29) is 41.8 Å². The summed E-state index contributed by atoms with van der Waals surface area (Å²) in [4.78, 5) is 24.0. The van der Waals surface area contributed by atoms with Gasteiger partial charge >= 0.3 is 0 Å². The van der Waals surface area contributed by atoms with E-state index in [9.17, 15) is 18.0 Å². The molecule has 2 N–H and O–H groups in total. The fraction of sp³-hybridized carbons (Fsp3) is 0.385. The highest BCUT2D eigenvalue weighted by molar-refractivity contribution is 7.91. The molecule has 2 rings (SSSR count). The van der Waals surface area contributed by atoms with Crippen LogP contribution in [0.3, 0.4) is 0 Å². The van der Waals surface area contributed by atoms with E-state index in [1.54, 1.807) is 12.1 Å². The fourth-order valence-electron chi connectivity index (χ4n) is 2.03. The van der Waals surface area contributed by atoms with Crippen molar-refractivity contribution in [3.05, 3.63) is 29.8 Å². The molecule has 0 saturated carbocycles. The van der Waals surface area contributed by atoms with Gasteiger partial charge in [0.25, 0.3) is 0 Å². The molecular weight excluding hydrogens is 280 g/mol. The summed E-state index contributed by atoms with van der Waals surface area (Å²) in [6, 6.07) is 6.29. The Morgan fingerprint density at radius 2 is 1.60 bits per heavy atom. The van der Waals surface area contributed by atoms with Gasteiger partial charge in [0.15, 0.2) is 9.84 Å². The van der Waals surface area contributed by atoms with Crippen molar-refractivity contribution in [1.29, 1.82) is 0 Å². The van der Waals surface area contributed by atoms with Gasteiger partial charge in [0.1, 0.15) is 0 Å². The first-order valence-corrected chi connectivity index (χ1v) is 7.94. The van der Waals surface area contributed by atoms with Crippen LogP contribution in [-0.4, -0.2) is 37.4 Å². The van der Waals surface area contributed by atoms with E-state index in [1.165, 1.54) is 12.1 Å². The van der Waals surface area contributed by atoms with Gasteiger partial charge in [-0.25, -0.2) is 8.42 Å². The van der Waals surface area contributed by atoms with Crippen LogP contribution in [0.1, 0.15) is 18.4 Å². The van der Waals surface area contributed by atoms with E-state index in [0.717, 1.165) is 10.5 Å². The Hall–Kier alpha value is -1.73. The van der Waals surface area contributed by atoms with E-state index >= 15 is 0 Å². The van der Waals surface area contributed by atoms with Crippen molar-refractivity contribution in [2.45, 2.75) is 24.3 Å². The second kappa shape index (κ2) is 5.72. The largest absolute Gasteiger partial charge is 0.326 e. The van der Waals surface area contributed by atoms with Crippen molar-refractivity contribution in [2.24, 2.45) is 5.73 Å². The molecule has 6 nitrogen and oxygen atoms in total. The number of amides is 2. The van der Waals surface area contributed by atoms with Crippen LogP contribution < -0.4 is 5.73 Å². The zero-order chi connectivity index (χ0) is 14.8. The molecule has 1 aromatic rings. The second-order valence-electron chi connectivity index (χ2n) is 4.61. The summed E-state index contributed by atoms with van der Waals surface area (Å²) in [5.41, 5.74) is 6.29. The third kappa shape index (κ3) is 3.05. The number of nitrogens with two attached hydrogens (primary N) is 1. The summed E-state index contributed by atoms with van der Waals surface area (Å²) in [5, 5.41) is 0. The summed E-state index contributed by atoms with van der Waals surface area (Å²) >= 11 is 0. The van der Waals surface area contributed by atoms with Crippen LogP contribution in [0.2, 0.25) is 0 Å². The molecule has 0 bridgehead atoms. The van der Waals surface area contributed by atoms with E-state index in [0.29, 0.717) is 6.54 Å². The summed E-state index contributed by atoms with van der Waals surface area (Å²) in [7, 11) is -3.51.